The molecule has 0 saturated heterocycles. The maximum atomic E-state index is 13.3. The molecule has 2 aliphatic carbocycles. The van der Waals surface area contributed by atoms with Crippen LogP contribution in [0.1, 0.15) is 60.1 Å². The number of nitrogens with zero attached hydrogens (tertiary/aromatic N) is 4. The van der Waals surface area contributed by atoms with Gasteiger partial charge in [0.05, 0.1) is 31.0 Å². The van der Waals surface area contributed by atoms with Gasteiger partial charge in [0.2, 0.25) is 0 Å². The van der Waals surface area contributed by atoms with Crippen molar-refractivity contribution >= 4 is 11.6 Å². The van der Waals surface area contributed by atoms with Crippen LogP contribution in [-0.4, -0.2) is 38.0 Å². The summed E-state index contributed by atoms with van der Waals surface area (Å²) in [5.41, 5.74) is -1.96. The van der Waals surface area contributed by atoms with Crippen molar-refractivity contribution in [3.05, 3.63) is 57.2 Å². The third kappa shape index (κ3) is 4.51. The van der Waals surface area contributed by atoms with E-state index in [1.165, 1.54) is 4.68 Å². The van der Waals surface area contributed by atoms with Crippen molar-refractivity contribution in [3.63, 3.8) is 0 Å². The average molecular weight is 450 g/mol. The van der Waals surface area contributed by atoms with E-state index in [0.717, 1.165) is 42.0 Å². The normalized spacial score (nSPS) is 16.8. The molecule has 2 fully saturated rings. The summed E-state index contributed by atoms with van der Waals surface area (Å²) in [5, 5.41) is 7.53. The first-order valence-corrected chi connectivity index (χ1v) is 10.3. The number of alkyl halides is 3. The summed E-state index contributed by atoms with van der Waals surface area (Å²) in [6.07, 6.45) is -0.730. The van der Waals surface area contributed by atoms with E-state index >= 15 is 0 Å². The zero-order chi connectivity index (χ0) is 23.0. The van der Waals surface area contributed by atoms with Gasteiger partial charge in [-0.2, -0.15) is 22.5 Å². The van der Waals surface area contributed by atoms with Crippen LogP contribution in [0.3, 0.4) is 0 Å². The minimum absolute atomic E-state index is 0.0595. The van der Waals surface area contributed by atoms with Crippen molar-refractivity contribution in [3.8, 4) is 0 Å². The van der Waals surface area contributed by atoms with Gasteiger partial charge in [0.25, 0.3) is 0 Å². The molecule has 0 spiro atoms. The molecule has 32 heavy (non-hydrogen) atoms. The first kappa shape index (κ1) is 22.0. The molecule has 11 heteroatoms. The number of benzene rings is 1. The number of carbonyl (C=O) groups is 2. The van der Waals surface area contributed by atoms with Gasteiger partial charge < -0.3 is 4.74 Å². The Morgan fingerprint density at radius 1 is 1.19 bits per heavy atom. The fraction of sp³-hybridized carbons (Fsp3) is 0.476. The topological polar surface area (TPSA) is 96.1 Å². The minimum atomic E-state index is -4.65. The Labute approximate surface area is 180 Å². The molecule has 1 aromatic heterocycles. The van der Waals surface area contributed by atoms with Gasteiger partial charge in [0.15, 0.2) is 11.6 Å². The van der Waals surface area contributed by atoms with Gasteiger partial charge in [0.1, 0.15) is 5.57 Å². The van der Waals surface area contributed by atoms with E-state index in [9.17, 15) is 27.6 Å². The highest BCUT2D eigenvalue weighted by molar-refractivity contribution is 6.27. The number of hydrogen-bond donors (Lipinski definition) is 0. The number of rotatable bonds is 9. The van der Waals surface area contributed by atoms with Crippen LogP contribution < -0.4 is 5.69 Å². The number of carbonyl (C=O) groups excluding carboxylic acids is 2. The molecule has 0 atom stereocenters. The quantitative estimate of drug-likeness (QED) is 0.192. The Morgan fingerprint density at radius 3 is 2.50 bits per heavy atom. The van der Waals surface area contributed by atoms with Gasteiger partial charge in [-0.15, -0.1) is 0 Å². The number of tetrazole rings is 1. The monoisotopic (exact) mass is 450 g/mol. The first-order chi connectivity index (χ1) is 15.2. The van der Waals surface area contributed by atoms with E-state index in [1.807, 2.05) is 0 Å². The molecule has 0 aliphatic heterocycles. The number of halogens is 3. The lowest BCUT2D eigenvalue weighted by Gasteiger charge is -2.14. The van der Waals surface area contributed by atoms with Crippen LogP contribution in [0.2, 0.25) is 0 Å². The van der Waals surface area contributed by atoms with Crippen LogP contribution in [0, 0.1) is 5.92 Å². The third-order valence-corrected chi connectivity index (χ3v) is 5.38. The van der Waals surface area contributed by atoms with Crippen LogP contribution in [0.25, 0.3) is 0 Å². The standard InChI is InChI=1S/C21H21F3N4O4/c1-2-32-11-17(18(29)12-3-4-12)19(30)16-8-5-14(21(22,23)24)9-13(16)10-27-20(31)28(26-25-27)15-6-7-15/h5,8-9,11-12,15H,2-4,6-7,10H2,1H3/b17-11-. The largest absolute Gasteiger partial charge is 0.501 e. The number of aromatic nitrogens is 4. The molecule has 4 rings (SSSR count). The number of Topliss-reactive ketones (excluding diaryl/α,β-unsaturated/α-hetero) is 2. The second kappa shape index (κ2) is 8.36. The van der Waals surface area contributed by atoms with Crippen LogP contribution >= 0.6 is 0 Å². The Hall–Kier alpha value is -3.24. The molecule has 2 saturated carbocycles. The molecular weight excluding hydrogens is 429 g/mol. The van der Waals surface area contributed by atoms with Gasteiger partial charge >= 0.3 is 11.9 Å². The first-order valence-electron chi connectivity index (χ1n) is 10.3. The fourth-order valence-corrected chi connectivity index (χ4v) is 3.32. The number of ketones is 2. The SMILES string of the molecule is CCO/C=C(\C(=O)c1ccc(C(F)(F)F)cc1Cn1nnn(C2CC2)c1=O)C(=O)C1CC1. The molecule has 0 amide bonds. The maximum Gasteiger partial charge on any atom is 0.416 e. The lowest BCUT2D eigenvalue weighted by molar-refractivity contribution is -0.137. The molecule has 1 aromatic carbocycles. The lowest BCUT2D eigenvalue weighted by Crippen LogP contribution is -2.26. The van der Waals surface area contributed by atoms with Crippen molar-refractivity contribution in [1.82, 2.24) is 19.8 Å². The molecule has 0 unspecified atom stereocenters. The Balaban J connectivity index is 1.74. The Bertz CT molecular complexity index is 1140. The van der Waals surface area contributed by atoms with E-state index < -0.39 is 35.5 Å². The molecule has 0 bridgehead atoms. The molecule has 170 valence electrons. The van der Waals surface area contributed by atoms with E-state index in [1.54, 1.807) is 6.92 Å². The molecule has 1 heterocycles. The number of ether oxygens (including phenoxy) is 1. The summed E-state index contributed by atoms with van der Waals surface area (Å²) in [7, 11) is 0. The van der Waals surface area contributed by atoms with Gasteiger partial charge in [-0.1, -0.05) is 6.07 Å². The van der Waals surface area contributed by atoms with Crippen molar-refractivity contribution < 1.29 is 27.5 Å². The highest BCUT2D eigenvalue weighted by Crippen LogP contribution is 2.35. The molecule has 8 nitrogen and oxygen atoms in total. The average Bonchev–Trinajstić information content (AvgIpc) is 3.67. The van der Waals surface area contributed by atoms with E-state index in [-0.39, 0.29) is 35.3 Å². The van der Waals surface area contributed by atoms with Crippen molar-refractivity contribution in [2.24, 2.45) is 5.92 Å². The molecular formula is C21H21F3N4O4. The number of allylic oxidation sites excluding steroid dienone is 1. The van der Waals surface area contributed by atoms with E-state index in [0.29, 0.717) is 12.8 Å². The second-order valence-electron chi connectivity index (χ2n) is 7.92. The highest BCUT2D eigenvalue weighted by atomic mass is 19.4. The highest BCUT2D eigenvalue weighted by Gasteiger charge is 2.37. The van der Waals surface area contributed by atoms with Crippen molar-refractivity contribution in [1.29, 1.82) is 0 Å². The zero-order valence-electron chi connectivity index (χ0n) is 17.3. The summed E-state index contributed by atoms with van der Waals surface area (Å²) in [5.74, 6) is -1.43. The van der Waals surface area contributed by atoms with Gasteiger partial charge in [-0.05, 0) is 60.7 Å². The molecule has 0 radical (unpaired) electrons. The summed E-state index contributed by atoms with van der Waals surface area (Å²) < 4.78 is 47.3. The molecule has 2 aromatic rings. The minimum Gasteiger partial charge on any atom is -0.501 e. The van der Waals surface area contributed by atoms with Crippen molar-refractivity contribution in [2.75, 3.05) is 6.61 Å². The maximum absolute atomic E-state index is 13.3. The third-order valence-electron chi connectivity index (χ3n) is 5.38. The second-order valence-corrected chi connectivity index (χ2v) is 7.92. The molecule has 0 N–H and O–H groups in total. The van der Waals surface area contributed by atoms with Crippen LogP contribution in [0.5, 0.6) is 0 Å². The number of hydrogen-bond acceptors (Lipinski definition) is 6. The van der Waals surface area contributed by atoms with Gasteiger partial charge in [-0.3, -0.25) is 9.59 Å². The Kier molecular flexibility index (Phi) is 5.74. The molecule has 2 aliphatic rings. The zero-order valence-corrected chi connectivity index (χ0v) is 17.3. The Morgan fingerprint density at radius 2 is 1.91 bits per heavy atom. The lowest BCUT2D eigenvalue weighted by atomic mass is 9.93. The van der Waals surface area contributed by atoms with Crippen LogP contribution in [-0.2, 0) is 22.3 Å². The van der Waals surface area contributed by atoms with E-state index in [4.69, 9.17) is 4.74 Å². The predicted octanol–water partition coefficient (Wildman–Crippen LogP) is 2.92. The summed E-state index contributed by atoms with van der Waals surface area (Å²) in [6.45, 7) is 1.50. The van der Waals surface area contributed by atoms with Crippen LogP contribution in [0.15, 0.2) is 34.8 Å². The van der Waals surface area contributed by atoms with Gasteiger partial charge in [0, 0.05) is 11.5 Å². The fourth-order valence-electron chi connectivity index (χ4n) is 3.32. The summed E-state index contributed by atoms with van der Waals surface area (Å²) in [6, 6.07) is 2.54. The van der Waals surface area contributed by atoms with Crippen LogP contribution in [0.4, 0.5) is 13.2 Å². The van der Waals surface area contributed by atoms with Crippen molar-refractivity contribution in [2.45, 2.75) is 51.4 Å². The van der Waals surface area contributed by atoms with Gasteiger partial charge in [-0.25, -0.2) is 4.79 Å². The predicted molar refractivity (Wildman–Crippen MR) is 105 cm³/mol. The van der Waals surface area contributed by atoms with E-state index in [2.05, 4.69) is 10.4 Å². The summed E-state index contributed by atoms with van der Waals surface area (Å²) in [4.78, 5) is 38.4. The summed E-state index contributed by atoms with van der Waals surface area (Å²) >= 11 is 0. The smallest absolute Gasteiger partial charge is 0.416 e.